The van der Waals surface area contributed by atoms with Crippen LogP contribution in [-0.2, 0) is 11.3 Å². The lowest BCUT2D eigenvalue weighted by atomic mass is 9.90. The number of carbonyl (C=O) groups excluding carboxylic acids is 1. The molecule has 0 bridgehead atoms. The van der Waals surface area contributed by atoms with E-state index < -0.39 is 0 Å². The first kappa shape index (κ1) is 14.7. The van der Waals surface area contributed by atoms with Crippen LogP contribution >= 0.6 is 0 Å². The molecule has 1 aromatic carbocycles. The largest absolute Gasteiger partial charge is 0.355 e. The van der Waals surface area contributed by atoms with E-state index in [4.69, 9.17) is 6.42 Å². The molecule has 1 aromatic rings. The molecular formula is C17H20N4O. The van der Waals surface area contributed by atoms with E-state index in [1.54, 1.807) is 0 Å². The van der Waals surface area contributed by atoms with Gasteiger partial charge < -0.3 is 10.6 Å². The van der Waals surface area contributed by atoms with Crippen LogP contribution in [0.5, 0.6) is 0 Å². The Hall–Kier alpha value is -2.19. The van der Waals surface area contributed by atoms with Crippen LogP contribution in [0.3, 0.4) is 0 Å². The molecule has 0 aliphatic carbocycles. The number of nitrogens with zero attached hydrogens (tertiary/aromatic N) is 2. The Labute approximate surface area is 130 Å². The first-order valence-corrected chi connectivity index (χ1v) is 7.68. The molecule has 0 saturated carbocycles. The van der Waals surface area contributed by atoms with Crippen molar-refractivity contribution in [3.05, 3.63) is 35.4 Å². The second kappa shape index (κ2) is 6.29. The van der Waals surface area contributed by atoms with Crippen LogP contribution in [0.4, 0.5) is 0 Å². The minimum Gasteiger partial charge on any atom is -0.355 e. The molecule has 1 amide bonds. The molecule has 22 heavy (non-hydrogen) atoms. The minimum atomic E-state index is -0.331. The second-order valence-corrected chi connectivity index (χ2v) is 5.81. The smallest absolute Gasteiger partial charge is 0.228 e. The monoisotopic (exact) mass is 296 g/mol. The van der Waals surface area contributed by atoms with Gasteiger partial charge in [-0.05, 0) is 11.1 Å². The summed E-state index contributed by atoms with van der Waals surface area (Å²) >= 11 is 0. The van der Waals surface area contributed by atoms with E-state index in [0.717, 1.165) is 24.9 Å². The number of rotatable bonds is 6. The zero-order valence-corrected chi connectivity index (χ0v) is 12.5. The van der Waals surface area contributed by atoms with Crippen molar-refractivity contribution in [3.8, 4) is 12.3 Å². The highest BCUT2D eigenvalue weighted by molar-refractivity contribution is 5.84. The van der Waals surface area contributed by atoms with E-state index >= 15 is 0 Å². The number of amides is 1. The molecule has 0 saturated heterocycles. The van der Waals surface area contributed by atoms with Crippen LogP contribution in [0.15, 0.2) is 34.5 Å². The van der Waals surface area contributed by atoms with Gasteiger partial charge in [0.25, 0.3) is 0 Å². The maximum atomic E-state index is 12.4. The van der Waals surface area contributed by atoms with Gasteiger partial charge in [-0.1, -0.05) is 24.3 Å². The number of benzene rings is 1. The predicted molar refractivity (Wildman–Crippen MR) is 84.2 cm³/mol. The van der Waals surface area contributed by atoms with Crippen LogP contribution in [-0.4, -0.2) is 24.7 Å². The maximum Gasteiger partial charge on any atom is 0.228 e. The molecule has 1 atom stereocenters. The maximum absolute atomic E-state index is 12.4. The summed E-state index contributed by atoms with van der Waals surface area (Å²) in [6.45, 7) is 2.09. The van der Waals surface area contributed by atoms with Gasteiger partial charge in [0.2, 0.25) is 5.91 Å². The number of fused-ring (bicyclic) bond motifs is 1. The summed E-state index contributed by atoms with van der Waals surface area (Å²) in [6.07, 6.45) is 7.44. The summed E-state index contributed by atoms with van der Waals surface area (Å²) in [4.78, 5) is 12.4. The number of carbonyl (C=O) groups is 1. The van der Waals surface area contributed by atoms with Crippen LogP contribution in [0.2, 0.25) is 0 Å². The van der Waals surface area contributed by atoms with Gasteiger partial charge in [-0.15, -0.1) is 12.3 Å². The van der Waals surface area contributed by atoms with Crippen molar-refractivity contribution in [2.45, 2.75) is 37.4 Å². The molecular weight excluding hydrogens is 276 g/mol. The van der Waals surface area contributed by atoms with Gasteiger partial charge in [-0.25, -0.2) is 0 Å². The molecule has 0 aromatic heterocycles. The quantitative estimate of drug-likeness (QED) is 0.788. The topological polar surface area (TPSA) is 65.8 Å². The number of terminal acetylenes is 1. The molecule has 5 nitrogen and oxygen atoms in total. The van der Waals surface area contributed by atoms with Crippen LogP contribution in [0.1, 0.15) is 36.3 Å². The van der Waals surface area contributed by atoms with E-state index in [1.165, 1.54) is 5.56 Å². The summed E-state index contributed by atoms with van der Waals surface area (Å²) < 4.78 is 0. The number of hydrogen-bond acceptors (Lipinski definition) is 4. The summed E-state index contributed by atoms with van der Waals surface area (Å²) in [5.74, 6) is 2.55. The van der Waals surface area contributed by atoms with Crippen molar-refractivity contribution in [2.75, 3.05) is 13.1 Å². The highest BCUT2D eigenvalue weighted by Crippen LogP contribution is 2.36. The summed E-state index contributed by atoms with van der Waals surface area (Å²) in [5.41, 5.74) is 2.00. The molecule has 0 radical (unpaired) electrons. The van der Waals surface area contributed by atoms with Crippen LogP contribution in [0.25, 0.3) is 0 Å². The zero-order valence-electron chi connectivity index (χ0n) is 12.5. The Morgan fingerprint density at radius 3 is 3.00 bits per heavy atom. The third kappa shape index (κ3) is 3.18. The number of nitrogens with one attached hydrogen (secondary N) is 2. The normalized spacial score (nSPS) is 20.8. The van der Waals surface area contributed by atoms with Crippen molar-refractivity contribution in [1.82, 2.24) is 10.6 Å². The van der Waals surface area contributed by atoms with E-state index in [0.29, 0.717) is 19.5 Å². The van der Waals surface area contributed by atoms with Crippen molar-refractivity contribution >= 4 is 5.91 Å². The molecule has 2 N–H and O–H groups in total. The van der Waals surface area contributed by atoms with Gasteiger partial charge in [0.15, 0.2) is 5.66 Å². The van der Waals surface area contributed by atoms with Crippen LogP contribution in [0, 0.1) is 12.3 Å². The average molecular weight is 296 g/mol. The van der Waals surface area contributed by atoms with Gasteiger partial charge in [-0.3, -0.25) is 4.79 Å². The van der Waals surface area contributed by atoms with Crippen molar-refractivity contribution in [3.63, 3.8) is 0 Å². The average Bonchev–Trinajstić information content (AvgIpc) is 3.32. The lowest BCUT2D eigenvalue weighted by Gasteiger charge is -2.25. The summed E-state index contributed by atoms with van der Waals surface area (Å²) in [5, 5.41) is 14.5. The standard InChI is InChI=1S/C17H20N4O/c1-2-3-8-17(20-21-17)9-10-19-16(22)15-12-18-11-13-6-4-5-7-14(13)15/h1,4-7,15,18H,3,8-12H2,(H,19,22). The molecule has 0 fully saturated rings. The van der Waals surface area contributed by atoms with E-state index in [2.05, 4.69) is 32.8 Å². The Morgan fingerprint density at radius 1 is 1.41 bits per heavy atom. The molecule has 2 aliphatic rings. The third-order valence-corrected chi connectivity index (χ3v) is 4.29. The predicted octanol–water partition coefficient (Wildman–Crippen LogP) is 1.96. The van der Waals surface area contributed by atoms with Gasteiger partial charge in [0.05, 0.1) is 5.92 Å². The third-order valence-electron chi connectivity index (χ3n) is 4.29. The van der Waals surface area contributed by atoms with Crippen molar-refractivity contribution < 1.29 is 4.79 Å². The van der Waals surface area contributed by atoms with Gasteiger partial charge >= 0.3 is 0 Å². The first-order chi connectivity index (χ1) is 10.7. The number of hydrogen-bond donors (Lipinski definition) is 2. The lowest BCUT2D eigenvalue weighted by Crippen LogP contribution is -2.39. The minimum absolute atomic E-state index is 0.0624. The highest BCUT2D eigenvalue weighted by Gasteiger charge is 2.38. The van der Waals surface area contributed by atoms with Crippen molar-refractivity contribution in [1.29, 1.82) is 0 Å². The zero-order chi connectivity index (χ0) is 15.4. The van der Waals surface area contributed by atoms with Gasteiger partial charge in [0, 0.05) is 38.9 Å². The first-order valence-electron chi connectivity index (χ1n) is 7.68. The van der Waals surface area contributed by atoms with Crippen LogP contribution < -0.4 is 10.6 Å². The highest BCUT2D eigenvalue weighted by atomic mass is 16.1. The Morgan fingerprint density at radius 2 is 2.23 bits per heavy atom. The molecule has 5 heteroatoms. The van der Waals surface area contributed by atoms with Crippen molar-refractivity contribution in [2.24, 2.45) is 10.2 Å². The van der Waals surface area contributed by atoms with E-state index in [1.807, 2.05) is 18.2 Å². The Kier molecular flexibility index (Phi) is 4.21. The lowest BCUT2D eigenvalue weighted by molar-refractivity contribution is -0.122. The Bertz CT molecular complexity index is 626. The second-order valence-electron chi connectivity index (χ2n) is 5.81. The summed E-state index contributed by atoms with van der Waals surface area (Å²) in [6, 6.07) is 8.10. The van der Waals surface area contributed by atoms with Gasteiger partial charge in [0.1, 0.15) is 0 Å². The molecule has 114 valence electrons. The van der Waals surface area contributed by atoms with Gasteiger partial charge in [-0.2, -0.15) is 10.2 Å². The van der Waals surface area contributed by atoms with E-state index in [9.17, 15) is 4.79 Å². The summed E-state index contributed by atoms with van der Waals surface area (Å²) in [7, 11) is 0. The fraction of sp³-hybridized carbons (Fsp3) is 0.471. The fourth-order valence-electron chi connectivity index (χ4n) is 2.91. The van der Waals surface area contributed by atoms with E-state index in [-0.39, 0.29) is 17.5 Å². The molecule has 2 heterocycles. The Balaban J connectivity index is 1.52. The fourth-order valence-corrected chi connectivity index (χ4v) is 2.91. The molecule has 2 aliphatic heterocycles. The SMILES string of the molecule is C#CCCC1(CCNC(=O)C2CNCc3ccccc32)N=N1. The molecule has 3 rings (SSSR count). The molecule has 1 unspecified atom stereocenters. The molecule has 0 spiro atoms.